The van der Waals surface area contributed by atoms with Gasteiger partial charge in [0.1, 0.15) is 5.78 Å². The van der Waals surface area contributed by atoms with Crippen LogP contribution in [0.2, 0.25) is 0 Å². The number of carbonyl (C=O) groups is 1. The largest absolute Gasteiger partial charge is 0.390 e. The van der Waals surface area contributed by atoms with Crippen molar-refractivity contribution in [3.8, 4) is 0 Å². The zero-order chi connectivity index (χ0) is 15.7. The first kappa shape index (κ1) is 15.1. The van der Waals surface area contributed by atoms with Gasteiger partial charge in [-0.3, -0.25) is 4.79 Å². The molecule has 0 unspecified atom stereocenters. The van der Waals surface area contributed by atoms with E-state index in [-0.39, 0.29) is 16.7 Å². The molecule has 4 rings (SSSR count). The average molecular weight is 306 g/mol. The SMILES string of the molecule is C[C@@]12CC[C@@H]3[C@H](CC[C@@H]4[C@H](O)[C@@H](O)CC[C@]43C)[C@H]1CC(=O)C2. The third-order valence-corrected chi connectivity index (χ3v) is 8.29. The molecule has 0 aliphatic heterocycles. The monoisotopic (exact) mass is 306 g/mol. The molecule has 3 nitrogen and oxygen atoms in total. The smallest absolute Gasteiger partial charge is 0.133 e. The molecule has 0 aromatic heterocycles. The first-order valence-electron chi connectivity index (χ1n) is 9.23. The van der Waals surface area contributed by atoms with Crippen LogP contribution in [0.5, 0.6) is 0 Å². The molecule has 4 aliphatic carbocycles. The first-order valence-corrected chi connectivity index (χ1v) is 9.23. The highest BCUT2D eigenvalue weighted by atomic mass is 16.3. The van der Waals surface area contributed by atoms with Gasteiger partial charge >= 0.3 is 0 Å². The van der Waals surface area contributed by atoms with E-state index in [4.69, 9.17) is 0 Å². The molecule has 0 amide bonds. The number of Topliss-reactive ketones (excluding diaryl/α,β-unsaturated/α-hetero) is 1. The topological polar surface area (TPSA) is 57.5 Å². The third-order valence-electron chi connectivity index (χ3n) is 8.29. The zero-order valence-electron chi connectivity index (χ0n) is 13.9. The van der Waals surface area contributed by atoms with E-state index < -0.39 is 12.2 Å². The van der Waals surface area contributed by atoms with Crippen LogP contribution in [0, 0.1) is 34.5 Å². The van der Waals surface area contributed by atoms with Crippen LogP contribution in [0.4, 0.5) is 0 Å². The summed E-state index contributed by atoms with van der Waals surface area (Å²) in [4.78, 5) is 12.1. The van der Waals surface area contributed by atoms with E-state index in [1.54, 1.807) is 0 Å². The van der Waals surface area contributed by atoms with Crippen molar-refractivity contribution < 1.29 is 15.0 Å². The fourth-order valence-corrected chi connectivity index (χ4v) is 7.09. The van der Waals surface area contributed by atoms with Crippen LogP contribution in [-0.4, -0.2) is 28.2 Å². The van der Waals surface area contributed by atoms with Crippen molar-refractivity contribution in [2.45, 2.75) is 77.4 Å². The third kappa shape index (κ3) is 1.91. The number of fused-ring (bicyclic) bond motifs is 5. The van der Waals surface area contributed by atoms with E-state index in [2.05, 4.69) is 13.8 Å². The average Bonchev–Trinajstić information content (AvgIpc) is 2.78. The summed E-state index contributed by atoms with van der Waals surface area (Å²) < 4.78 is 0. The van der Waals surface area contributed by atoms with Crippen LogP contribution < -0.4 is 0 Å². The molecular formula is C19H30O3. The molecule has 3 heteroatoms. The van der Waals surface area contributed by atoms with Gasteiger partial charge < -0.3 is 10.2 Å². The summed E-state index contributed by atoms with van der Waals surface area (Å²) in [5.74, 6) is 2.59. The lowest BCUT2D eigenvalue weighted by Crippen LogP contribution is -2.57. The Morgan fingerprint density at radius 1 is 0.955 bits per heavy atom. The number of aliphatic hydroxyl groups excluding tert-OH is 2. The molecule has 0 aromatic carbocycles. The van der Waals surface area contributed by atoms with Crippen molar-refractivity contribution >= 4 is 5.78 Å². The zero-order valence-corrected chi connectivity index (χ0v) is 13.9. The summed E-state index contributed by atoms with van der Waals surface area (Å²) in [7, 11) is 0. The summed E-state index contributed by atoms with van der Waals surface area (Å²) in [6.07, 6.45) is 6.83. The Labute approximate surface area is 133 Å². The van der Waals surface area contributed by atoms with Crippen molar-refractivity contribution in [1.29, 1.82) is 0 Å². The Hall–Kier alpha value is -0.410. The van der Waals surface area contributed by atoms with Gasteiger partial charge in [-0.25, -0.2) is 0 Å². The van der Waals surface area contributed by atoms with Crippen molar-refractivity contribution in [2.24, 2.45) is 34.5 Å². The van der Waals surface area contributed by atoms with Gasteiger partial charge in [0.05, 0.1) is 12.2 Å². The van der Waals surface area contributed by atoms with Gasteiger partial charge in [-0.1, -0.05) is 13.8 Å². The Bertz CT molecular complexity index is 489. The van der Waals surface area contributed by atoms with Gasteiger partial charge in [-0.2, -0.15) is 0 Å². The number of aliphatic hydroxyl groups is 2. The molecule has 0 spiro atoms. The standard InChI is InChI=1S/C19H30O3/c1-18-7-5-13-12(15(18)9-11(20)10-18)3-4-14-17(22)16(21)6-8-19(13,14)2/h12-17,21-22H,3-10H2,1-2H3/t12-,13+,14+,15+,16-,17-,18-,19-/m0/s1. The minimum Gasteiger partial charge on any atom is -0.390 e. The molecule has 2 N–H and O–H groups in total. The molecule has 0 bridgehead atoms. The van der Waals surface area contributed by atoms with Crippen LogP contribution in [0.1, 0.15) is 65.2 Å². The number of rotatable bonds is 0. The maximum Gasteiger partial charge on any atom is 0.133 e. The predicted molar refractivity (Wildman–Crippen MR) is 84.1 cm³/mol. The molecule has 124 valence electrons. The molecule has 22 heavy (non-hydrogen) atoms. The summed E-state index contributed by atoms with van der Waals surface area (Å²) in [5.41, 5.74) is 0.406. The van der Waals surface area contributed by atoms with E-state index in [0.29, 0.717) is 23.5 Å². The highest BCUT2D eigenvalue weighted by Gasteiger charge is 2.60. The van der Waals surface area contributed by atoms with Gasteiger partial charge in [-0.05, 0) is 73.0 Å². The Morgan fingerprint density at radius 2 is 1.73 bits per heavy atom. The Morgan fingerprint density at radius 3 is 2.50 bits per heavy atom. The number of carbonyl (C=O) groups excluding carboxylic acids is 1. The highest BCUT2D eigenvalue weighted by molar-refractivity contribution is 5.82. The summed E-state index contributed by atoms with van der Waals surface area (Å²) in [6.45, 7) is 4.70. The normalized spacial score (nSPS) is 57.9. The van der Waals surface area contributed by atoms with Gasteiger partial charge in [0.2, 0.25) is 0 Å². The van der Waals surface area contributed by atoms with Crippen LogP contribution in [0.15, 0.2) is 0 Å². The lowest BCUT2D eigenvalue weighted by Gasteiger charge is -2.61. The second kappa shape index (κ2) is 4.80. The fourth-order valence-electron chi connectivity index (χ4n) is 7.09. The fraction of sp³-hybridized carbons (Fsp3) is 0.947. The molecule has 4 saturated carbocycles. The van der Waals surface area contributed by atoms with E-state index >= 15 is 0 Å². The van der Waals surface area contributed by atoms with Gasteiger partial charge in [0.25, 0.3) is 0 Å². The van der Waals surface area contributed by atoms with Crippen LogP contribution in [0.25, 0.3) is 0 Å². The summed E-state index contributed by atoms with van der Waals surface area (Å²) in [5, 5.41) is 20.6. The van der Waals surface area contributed by atoms with Crippen LogP contribution in [0.3, 0.4) is 0 Å². The second-order valence-corrected chi connectivity index (χ2v) is 9.28. The molecule has 0 aromatic rings. The van der Waals surface area contributed by atoms with Gasteiger partial charge in [0, 0.05) is 12.8 Å². The van der Waals surface area contributed by atoms with Gasteiger partial charge in [0.15, 0.2) is 0 Å². The van der Waals surface area contributed by atoms with Crippen molar-refractivity contribution in [1.82, 2.24) is 0 Å². The number of ketones is 1. The maximum atomic E-state index is 12.1. The molecule has 8 atom stereocenters. The molecule has 0 radical (unpaired) electrons. The molecular weight excluding hydrogens is 276 g/mol. The van der Waals surface area contributed by atoms with E-state index in [9.17, 15) is 15.0 Å². The van der Waals surface area contributed by atoms with Crippen molar-refractivity contribution in [3.05, 3.63) is 0 Å². The lowest BCUT2D eigenvalue weighted by molar-refractivity contribution is -0.171. The highest BCUT2D eigenvalue weighted by Crippen LogP contribution is 2.65. The minimum atomic E-state index is -0.543. The van der Waals surface area contributed by atoms with Gasteiger partial charge in [-0.15, -0.1) is 0 Å². The second-order valence-electron chi connectivity index (χ2n) is 9.28. The number of hydrogen-bond donors (Lipinski definition) is 2. The van der Waals surface area contributed by atoms with E-state index in [0.717, 1.165) is 38.5 Å². The Kier molecular flexibility index (Phi) is 3.30. The van der Waals surface area contributed by atoms with Crippen LogP contribution >= 0.6 is 0 Å². The number of hydrogen-bond acceptors (Lipinski definition) is 3. The summed E-state index contributed by atoms with van der Waals surface area (Å²) >= 11 is 0. The van der Waals surface area contributed by atoms with E-state index in [1.165, 1.54) is 12.8 Å². The van der Waals surface area contributed by atoms with Crippen molar-refractivity contribution in [2.75, 3.05) is 0 Å². The van der Waals surface area contributed by atoms with Crippen LogP contribution in [-0.2, 0) is 4.79 Å². The summed E-state index contributed by atoms with van der Waals surface area (Å²) in [6, 6.07) is 0. The van der Waals surface area contributed by atoms with Crippen molar-refractivity contribution in [3.63, 3.8) is 0 Å². The molecule has 0 saturated heterocycles. The molecule has 0 heterocycles. The predicted octanol–water partition coefficient (Wildman–Crippen LogP) is 2.93. The lowest BCUT2D eigenvalue weighted by atomic mass is 9.45. The molecule has 4 aliphatic rings. The maximum absolute atomic E-state index is 12.1. The quantitative estimate of drug-likeness (QED) is 0.723. The molecule has 4 fully saturated rings. The van der Waals surface area contributed by atoms with E-state index in [1.807, 2.05) is 0 Å². The first-order chi connectivity index (χ1) is 10.3. The minimum absolute atomic E-state index is 0.161. The Balaban J connectivity index is 1.65.